The zero-order valence-electron chi connectivity index (χ0n) is 17.8. The molecule has 2 bridgehead atoms. The first-order chi connectivity index (χ1) is 14.6. The molecule has 4 atom stereocenters. The highest BCUT2D eigenvalue weighted by molar-refractivity contribution is 5.75. The molecule has 30 heavy (non-hydrogen) atoms. The van der Waals surface area contributed by atoms with Crippen LogP contribution in [0.2, 0.25) is 0 Å². The lowest BCUT2D eigenvalue weighted by Gasteiger charge is -2.39. The smallest absolute Gasteiger partial charge is 0.311 e. The topological polar surface area (TPSA) is 71.8 Å². The zero-order valence-corrected chi connectivity index (χ0v) is 17.8. The summed E-state index contributed by atoms with van der Waals surface area (Å²) >= 11 is 0. The maximum absolute atomic E-state index is 13.4. The lowest BCUT2D eigenvalue weighted by molar-refractivity contribution is -0.148. The van der Waals surface area contributed by atoms with Crippen molar-refractivity contribution in [3.8, 4) is 0 Å². The Balaban J connectivity index is 1.59. The van der Waals surface area contributed by atoms with Gasteiger partial charge in [-0.05, 0) is 55.7 Å². The first kappa shape index (κ1) is 20.0. The van der Waals surface area contributed by atoms with Gasteiger partial charge in [0.25, 0.3) is 5.56 Å². The highest BCUT2D eigenvalue weighted by atomic mass is 16.5. The van der Waals surface area contributed by atoms with Crippen molar-refractivity contribution in [2.45, 2.75) is 63.6 Å². The molecule has 1 saturated heterocycles. The fourth-order valence-corrected chi connectivity index (χ4v) is 6.53. The van der Waals surface area contributed by atoms with Crippen LogP contribution >= 0.6 is 0 Å². The molecule has 2 fully saturated rings. The molecule has 0 aromatic carbocycles. The van der Waals surface area contributed by atoms with Crippen molar-refractivity contribution < 1.29 is 14.6 Å². The van der Waals surface area contributed by atoms with E-state index in [-0.39, 0.29) is 36.1 Å². The number of carbonyl (C=O) groups excluding carboxylic acids is 1. The molecule has 1 N–H and O–H groups in total. The molecule has 5 rings (SSSR count). The Labute approximate surface area is 177 Å². The summed E-state index contributed by atoms with van der Waals surface area (Å²) in [6, 6.07) is 3.80. The van der Waals surface area contributed by atoms with Crippen LogP contribution in [0.4, 0.5) is 0 Å². The minimum Gasteiger partial charge on any atom is -0.469 e. The van der Waals surface area contributed by atoms with Gasteiger partial charge < -0.3 is 14.4 Å². The van der Waals surface area contributed by atoms with Gasteiger partial charge in [0.15, 0.2) is 0 Å². The highest BCUT2D eigenvalue weighted by Crippen LogP contribution is 2.49. The molecule has 1 aromatic rings. The van der Waals surface area contributed by atoms with Crippen LogP contribution in [0, 0.1) is 17.8 Å². The summed E-state index contributed by atoms with van der Waals surface area (Å²) in [6.07, 6.45) is 10.3. The van der Waals surface area contributed by atoms with Crippen LogP contribution in [0.5, 0.6) is 0 Å². The summed E-state index contributed by atoms with van der Waals surface area (Å²) in [6.45, 7) is 1.40. The van der Waals surface area contributed by atoms with E-state index < -0.39 is 5.92 Å². The highest BCUT2D eigenvalue weighted by Gasteiger charge is 2.56. The van der Waals surface area contributed by atoms with Crippen molar-refractivity contribution in [2.24, 2.45) is 17.8 Å². The van der Waals surface area contributed by atoms with E-state index >= 15 is 0 Å². The molecule has 2 aliphatic carbocycles. The van der Waals surface area contributed by atoms with E-state index in [4.69, 9.17) is 4.74 Å². The lowest BCUT2D eigenvalue weighted by atomic mass is 9.87. The molecular weight excluding hydrogens is 380 g/mol. The Kier molecular flexibility index (Phi) is 5.31. The van der Waals surface area contributed by atoms with E-state index in [1.165, 1.54) is 32.8 Å². The van der Waals surface area contributed by atoms with Gasteiger partial charge in [-0.25, -0.2) is 0 Å². The van der Waals surface area contributed by atoms with Crippen LogP contribution in [-0.4, -0.2) is 46.8 Å². The number of esters is 1. The maximum atomic E-state index is 13.4. The second-order valence-electron chi connectivity index (χ2n) is 9.46. The van der Waals surface area contributed by atoms with Crippen molar-refractivity contribution in [2.75, 3.05) is 20.3 Å². The average Bonchev–Trinajstić information content (AvgIpc) is 3.49. The molecule has 6 heteroatoms. The van der Waals surface area contributed by atoms with Crippen LogP contribution in [-0.2, 0) is 16.1 Å². The fraction of sp³-hybridized carbons (Fsp3) is 0.667. The van der Waals surface area contributed by atoms with Gasteiger partial charge in [0, 0.05) is 42.9 Å². The van der Waals surface area contributed by atoms with Crippen LogP contribution in [0.1, 0.15) is 62.2 Å². The molecule has 6 nitrogen and oxygen atoms in total. The van der Waals surface area contributed by atoms with E-state index in [1.54, 1.807) is 0 Å². The van der Waals surface area contributed by atoms with Crippen molar-refractivity contribution >= 4 is 11.5 Å². The van der Waals surface area contributed by atoms with Gasteiger partial charge in [-0.2, -0.15) is 0 Å². The molecule has 4 aliphatic rings. The van der Waals surface area contributed by atoms with Gasteiger partial charge in [0.05, 0.1) is 19.1 Å². The van der Waals surface area contributed by atoms with Gasteiger partial charge in [-0.15, -0.1) is 0 Å². The zero-order chi connectivity index (χ0) is 20.8. The number of carbonyl (C=O) groups is 1. The molecule has 1 aromatic heterocycles. The first-order valence-electron chi connectivity index (χ1n) is 11.5. The van der Waals surface area contributed by atoms with Crippen molar-refractivity contribution in [1.29, 1.82) is 0 Å². The number of nitrogens with zero attached hydrogens (tertiary/aromatic N) is 2. The second-order valence-corrected chi connectivity index (χ2v) is 9.46. The Morgan fingerprint density at radius 3 is 2.70 bits per heavy atom. The number of fused-ring (bicyclic) bond motifs is 4. The van der Waals surface area contributed by atoms with E-state index in [0.29, 0.717) is 12.5 Å². The molecule has 0 unspecified atom stereocenters. The number of hydrogen-bond acceptors (Lipinski definition) is 5. The number of ether oxygens (including phenoxy) is 1. The van der Waals surface area contributed by atoms with E-state index in [2.05, 4.69) is 11.0 Å². The van der Waals surface area contributed by atoms with Crippen molar-refractivity contribution in [1.82, 2.24) is 9.47 Å². The molecule has 3 heterocycles. The molecule has 0 spiro atoms. The van der Waals surface area contributed by atoms with Crippen LogP contribution in [0.15, 0.2) is 23.0 Å². The third-order valence-electron chi connectivity index (χ3n) is 7.97. The summed E-state index contributed by atoms with van der Waals surface area (Å²) in [4.78, 5) is 28.7. The summed E-state index contributed by atoms with van der Waals surface area (Å²) in [5.74, 6) is -0.290. The Morgan fingerprint density at radius 2 is 2.03 bits per heavy atom. The third kappa shape index (κ3) is 3.07. The predicted molar refractivity (Wildman–Crippen MR) is 114 cm³/mol. The lowest BCUT2D eigenvalue weighted by Crippen LogP contribution is -2.48. The number of aliphatic hydroxyl groups is 1. The summed E-state index contributed by atoms with van der Waals surface area (Å²) < 4.78 is 7.06. The van der Waals surface area contributed by atoms with E-state index in [0.717, 1.165) is 42.6 Å². The average molecular weight is 413 g/mol. The summed E-state index contributed by atoms with van der Waals surface area (Å²) in [5, 5.41) is 10.3. The monoisotopic (exact) mass is 412 g/mol. The summed E-state index contributed by atoms with van der Waals surface area (Å²) in [5.41, 5.74) is 2.91. The van der Waals surface area contributed by atoms with Gasteiger partial charge >= 0.3 is 5.97 Å². The number of pyridine rings is 1. The van der Waals surface area contributed by atoms with Gasteiger partial charge in [0.2, 0.25) is 0 Å². The molecule has 0 radical (unpaired) electrons. The maximum Gasteiger partial charge on any atom is 0.311 e. The molecule has 0 amide bonds. The molecule has 162 valence electrons. The van der Waals surface area contributed by atoms with E-state index in [1.807, 2.05) is 16.7 Å². The minimum absolute atomic E-state index is 0.0114. The predicted octanol–water partition coefficient (Wildman–Crippen LogP) is 2.74. The standard InChI is InChI=1S/C24H32N2O4/c1-30-24(29)21-18(14-27)20-13-26-19(22(21)25(20)12-15-6-2-3-7-15)11-10-17(23(26)28)16-8-4-5-9-16/h8,10-11,15,18,20-22,27H,2-7,9,12-14H2,1H3/t18-,20-,21+,22+/m0/s1. The van der Waals surface area contributed by atoms with Crippen LogP contribution in [0.3, 0.4) is 0 Å². The summed E-state index contributed by atoms with van der Waals surface area (Å²) in [7, 11) is 1.42. The normalized spacial score (nSPS) is 31.1. The minimum atomic E-state index is -0.434. The van der Waals surface area contributed by atoms with E-state index in [9.17, 15) is 14.7 Å². The Bertz CT molecular complexity index is 914. The van der Waals surface area contributed by atoms with Gasteiger partial charge in [-0.3, -0.25) is 14.5 Å². The third-order valence-corrected chi connectivity index (χ3v) is 7.97. The van der Waals surface area contributed by atoms with Gasteiger partial charge in [0.1, 0.15) is 0 Å². The number of aliphatic hydroxyl groups excluding tert-OH is 1. The van der Waals surface area contributed by atoms with Crippen molar-refractivity contribution in [3.05, 3.63) is 39.8 Å². The SMILES string of the molecule is COC(=O)[C@@H]1[C@@H](CO)[C@@H]2Cn3c(ccc(C4=CCCC4)c3=O)[C@H]1N2CC1CCCC1. The van der Waals surface area contributed by atoms with Crippen LogP contribution in [0.25, 0.3) is 5.57 Å². The van der Waals surface area contributed by atoms with Crippen LogP contribution < -0.4 is 5.56 Å². The Morgan fingerprint density at radius 1 is 1.23 bits per heavy atom. The number of aromatic nitrogens is 1. The molecule has 1 saturated carbocycles. The number of hydrogen-bond donors (Lipinski definition) is 1. The quantitative estimate of drug-likeness (QED) is 0.753. The molecular formula is C24H32N2O4. The molecule has 2 aliphatic heterocycles. The number of methoxy groups -OCH3 is 1. The number of allylic oxidation sites excluding steroid dienone is 2. The first-order valence-corrected chi connectivity index (χ1v) is 11.5. The second kappa shape index (κ2) is 7.97. The van der Waals surface area contributed by atoms with Gasteiger partial charge in [-0.1, -0.05) is 18.9 Å². The Hall–Kier alpha value is -1.92. The largest absolute Gasteiger partial charge is 0.469 e. The fourth-order valence-electron chi connectivity index (χ4n) is 6.53. The number of rotatable bonds is 5. The van der Waals surface area contributed by atoms with Crippen molar-refractivity contribution in [3.63, 3.8) is 0 Å².